The Hall–Kier alpha value is -2.58. The first-order chi connectivity index (χ1) is 14.7. The lowest BCUT2D eigenvalue weighted by atomic mass is 10.2. The molecule has 8 heteroatoms. The van der Waals surface area contributed by atoms with Crippen LogP contribution in [-0.2, 0) is 17.8 Å². The van der Waals surface area contributed by atoms with Crippen molar-refractivity contribution >= 4 is 5.91 Å². The quantitative estimate of drug-likeness (QED) is 0.591. The van der Waals surface area contributed by atoms with Crippen molar-refractivity contribution < 1.29 is 9.53 Å². The molecule has 8 nitrogen and oxygen atoms in total. The van der Waals surface area contributed by atoms with E-state index >= 15 is 0 Å². The molecule has 1 fully saturated rings. The van der Waals surface area contributed by atoms with E-state index in [1.54, 1.807) is 12.4 Å². The number of aromatic nitrogens is 3. The van der Waals surface area contributed by atoms with E-state index < -0.39 is 0 Å². The average molecular weight is 414 g/mol. The molecule has 0 aliphatic carbocycles. The number of nitrogens with zero attached hydrogens (tertiary/aromatic N) is 5. The third-order valence-corrected chi connectivity index (χ3v) is 5.23. The molecule has 1 aliphatic heterocycles. The van der Waals surface area contributed by atoms with Gasteiger partial charge in [0.15, 0.2) is 0 Å². The van der Waals surface area contributed by atoms with Crippen molar-refractivity contribution in [2.24, 2.45) is 0 Å². The number of aryl methyl sites for hydroxylation is 1. The van der Waals surface area contributed by atoms with Crippen LogP contribution in [0.1, 0.15) is 42.2 Å². The topological polar surface area (TPSA) is 80.6 Å². The number of ether oxygens (including phenoxy) is 1. The molecule has 30 heavy (non-hydrogen) atoms. The van der Waals surface area contributed by atoms with Gasteiger partial charge in [-0.05, 0) is 36.6 Å². The van der Waals surface area contributed by atoms with Crippen molar-refractivity contribution in [2.45, 2.75) is 39.3 Å². The van der Waals surface area contributed by atoms with Crippen LogP contribution in [0, 0.1) is 0 Å². The Labute approximate surface area is 177 Å². The third kappa shape index (κ3) is 6.47. The highest BCUT2D eigenvalue weighted by Crippen LogP contribution is 2.10. The van der Waals surface area contributed by atoms with Gasteiger partial charge in [-0.15, -0.1) is 0 Å². The van der Waals surface area contributed by atoms with Gasteiger partial charge in [0.05, 0.1) is 13.2 Å². The Morgan fingerprint density at radius 2 is 1.87 bits per heavy atom. The van der Waals surface area contributed by atoms with E-state index in [2.05, 4.69) is 21.9 Å². The molecule has 1 aliphatic rings. The molecule has 2 aromatic heterocycles. The first-order valence-corrected chi connectivity index (χ1v) is 10.7. The van der Waals surface area contributed by atoms with Crippen molar-refractivity contribution in [3.8, 4) is 0 Å². The lowest BCUT2D eigenvalue weighted by Crippen LogP contribution is -2.39. The molecular weight excluding hydrogens is 382 g/mol. The molecule has 0 unspecified atom stereocenters. The molecule has 0 bridgehead atoms. The van der Waals surface area contributed by atoms with Gasteiger partial charge in [0.2, 0.25) is 0 Å². The summed E-state index contributed by atoms with van der Waals surface area (Å²) in [6, 6.07) is 6.80. The molecule has 2 aromatic rings. The molecule has 0 spiro atoms. The maximum atomic E-state index is 13.3. The Balaban J connectivity index is 1.71. The van der Waals surface area contributed by atoms with Crippen molar-refractivity contribution in [3.63, 3.8) is 0 Å². The zero-order chi connectivity index (χ0) is 21.2. The van der Waals surface area contributed by atoms with Crippen LogP contribution in [0.5, 0.6) is 0 Å². The van der Waals surface area contributed by atoms with Crippen LogP contribution in [0.4, 0.5) is 0 Å². The van der Waals surface area contributed by atoms with Crippen molar-refractivity contribution in [3.05, 3.63) is 58.3 Å². The predicted molar refractivity (Wildman–Crippen MR) is 114 cm³/mol. The van der Waals surface area contributed by atoms with Gasteiger partial charge in [-0.25, -0.2) is 4.68 Å². The second kappa shape index (κ2) is 11.6. The summed E-state index contributed by atoms with van der Waals surface area (Å²) < 4.78 is 6.80. The maximum absolute atomic E-state index is 13.3. The van der Waals surface area contributed by atoms with E-state index in [9.17, 15) is 9.59 Å². The second-order valence-electron chi connectivity index (χ2n) is 7.52. The van der Waals surface area contributed by atoms with Gasteiger partial charge >= 0.3 is 0 Å². The summed E-state index contributed by atoms with van der Waals surface area (Å²) in [4.78, 5) is 33.6. The highest BCUT2D eigenvalue weighted by molar-refractivity contribution is 5.92. The monoisotopic (exact) mass is 413 g/mol. The van der Waals surface area contributed by atoms with Gasteiger partial charge in [0.1, 0.15) is 5.69 Å². The van der Waals surface area contributed by atoms with Crippen LogP contribution in [0.15, 0.2) is 41.5 Å². The minimum absolute atomic E-state index is 0.154. The molecule has 3 rings (SSSR count). The summed E-state index contributed by atoms with van der Waals surface area (Å²) in [5.41, 5.74) is 1.16. The summed E-state index contributed by atoms with van der Waals surface area (Å²) in [5, 5.41) is 4.34. The highest BCUT2D eigenvalue weighted by atomic mass is 16.5. The van der Waals surface area contributed by atoms with Gasteiger partial charge in [-0.3, -0.25) is 19.5 Å². The maximum Gasteiger partial charge on any atom is 0.274 e. The second-order valence-corrected chi connectivity index (χ2v) is 7.52. The lowest BCUT2D eigenvalue weighted by molar-refractivity contribution is 0.0355. The van der Waals surface area contributed by atoms with E-state index in [1.807, 2.05) is 17.0 Å². The standard InChI is InChI=1S/C22H31N5O3/c1-2-3-13-27-21(28)6-5-20(24-27)22(29)26(18-19-7-9-23-10-8-19)12-4-11-25-14-16-30-17-15-25/h5-10H,2-4,11-18H2,1H3. The number of amides is 1. The number of hydrogen-bond acceptors (Lipinski definition) is 6. The summed E-state index contributed by atoms with van der Waals surface area (Å²) in [6.07, 6.45) is 6.14. The van der Waals surface area contributed by atoms with E-state index in [-0.39, 0.29) is 11.5 Å². The smallest absolute Gasteiger partial charge is 0.274 e. The van der Waals surface area contributed by atoms with E-state index in [4.69, 9.17) is 4.74 Å². The fraction of sp³-hybridized carbons (Fsp3) is 0.545. The molecule has 0 N–H and O–H groups in total. The van der Waals surface area contributed by atoms with Crippen LogP contribution in [-0.4, -0.2) is 69.9 Å². The Morgan fingerprint density at radius 3 is 2.60 bits per heavy atom. The average Bonchev–Trinajstić information content (AvgIpc) is 2.79. The Morgan fingerprint density at radius 1 is 1.10 bits per heavy atom. The molecule has 0 aromatic carbocycles. The van der Waals surface area contributed by atoms with Crippen molar-refractivity contribution in [1.29, 1.82) is 0 Å². The molecule has 0 radical (unpaired) electrons. The Bertz CT molecular complexity index is 849. The number of morpholine rings is 1. The van der Waals surface area contributed by atoms with Crippen molar-refractivity contribution in [1.82, 2.24) is 24.6 Å². The van der Waals surface area contributed by atoms with Crippen LogP contribution in [0.25, 0.3) is 0 Å². The molecular formula is C22H31N5O3. The van der Waals surface area contributed by atoms with E-state index in [1.165, 1.54) is 16.8 Å². The molecule has 1 saturated heterocycles. The number of carbonyl (C=O) groups is 1. The largest absolute Gasteiger partial charge is 0.379 e. The Kier molecular flexibility index (Phi) is 8.53. The number of rotatable bonds is 10. The van der Waals surface area contributed by atoms with Crippen LogP contribution in [0.2, 0.25) is 0 Å². The molecule has 3 heterocycles. The fourth-order valence-electron chi connectivity index (χ4n) is 3.46. The number of hydrogen-bond donors (Lipinski definition) is 0. The first kappa shape index (κ1) is 22.1. The van der Waals surface area contributed by atoms with Crippen LogP contribution in [0.3, 0.4) is 0 Å². The summed E-state index contributed by atoms with van der Waals surface area (Å²) in [6.45, 7) is 8.01. The van der Waals surface area contributed by atoms with Gasteiger partial charge in [-0.2, -0.15) is 5.10 Å². The fourth-order valence-corrected chi connectivity index (χ4v) is 3.46. The predicted octanol–water partition coefficient (Wildman–Crippen LogP) is 1.80. The summed E-state index contributed by atoms with van der Waals surface area (Å²) in [5.74, 6) is -0.154. The lowest BCUT2D eigenvalue weighted by Gasteiger charge is -2.28. The normalized spacial score (nSPS) is 14.6. The SMILES string of the molecule is CCCCn1nc(C(=O)N(CCCN2CCOCC2)Cc2ccncc2)ccc1=O. The van der Waals surface area contributed by atoms with E-state index in [0.717, 1.165) is 57.7 Å². The van der Waals surface area contributed by atoms with E-state index in [0.29, 0.717) is 25.3 Å². The molecule has 1 amide bonds. The minimum Gasteiger partial charge on any atom is -0.379 e. The van der Waals surface area contributed by atoms with Gasteiger partial charge in [0, 0.05) is 57.7 Å². The van der Waals surface area contributed by atoms with Crippen LogP contribution < -0.4 is 5.56 Å². The van der Waals surface area contributed by atoms with Gasteiger partial charge in [-0.1, -0.05) is 13.3 Å². The van der Waals surface area contributed by atoms with Gasteiger partial charge in [0.25, 0.3) is 11.5 Å². The summed E-state index contributed by atoms with van der Waals surface area (Å²) >= 11 is 0. The zero-order valence-electron chi connectivity index (χ0n) is 17.7. The highest BCUT2D eigenvalue weighted by Gasteiger charge is 2.19. The molecule has 0 saturated carbocycles. The summed E-state index contributed by atoms with van der Waals surface area (Å²) in [7, 11) is 0. The number of carbonyl (C=O) groups excluding carboxylic acids is 1. The first-order valence-electron chi connectivity index (χ1n) is 10.7. The van der Waals surface area contributed by atoms with Gasteiger partial charge < -0.3 is 9.64 Å². The number of unbranched alkanes of at least 4 members (excludes halogenated alkanes) is 1. The van der Waals surface area contributed by atoms with Crippen molar-refractivity contribution in [2.75, 3.05) is 39.4 Å². The third-order valence-electron chi connectivity index (χ3n) is 5.23. The molecule has 162 valence electrons. The number of pyridine rings is 1. The molecule has 0 atom stereocenters. The minimum atomic E-state index is -0.173. The van der Waals surface area contributed by atoms with Crippen LogP contribution >= 0.6 is 0 Å². The zero-order valence-corrected chi connectivity index (χ0v) is 17.7.